The highest BCUT2D eigenvalue weighted by molar-refractivity contribution is 6.08. The van der Waals surface area contributed by atoms with Gasteiger partial charge >= 0.3 is 0 Å². The third-order valence-electron chi connectivity index (χ3n) is 2.89. The molecule has 88 valence electrons. The Kier molecular flexibility index (Phi) is 3.49. The zero-order chi connectivity index (χ0) is 12.3. The number of hydrogen-bond acceptors (Lipinski definition) is 3. The number of benzene rings is 1. The van der Waals surface area contributed by atoms with Crippen molar-refractivity contribution < 1.29 is 4.79 Å². The number of Topliss-reactive ketones (excluding diaryl/α,β-unsaturated/α-hetero) is 1. The van der Waals surface area contributed by atoms with Crippen molar-refractivity contribution in [1.82, 2.24) is 10.3 Å². The average Bonchev–Trinajstić information content (AvgIpc) is 2.37. The predicted octanol–water partition coefficient (Wildman–Crippen LogP) is 2.27. The second-order valence-electron chi connectivity index (χ2n) is 4.23. The molecule has 0 radical (unpaired) electrons. The predicted molar refractivity (Wildman–Crippen MR) is 69.2 cm³/mol. The first-order valence-corrected chi connectivity index (χ1v) is 5.75. The summed E-state index contributed by atoms with van der Waals surface area (Å²) in [6.45, 7) is 2.61. The van der Waals surface area contributed by atoms with E-state index in [4.69, 9.17) is 0 Å². The van der Waals surface area contributed by atoms with Crippen molar-refractivity contribution in [3.05, 3.63) is 42.2 Å². The van der Waals surface area contributed by atoms with Crippen LogP contribution in [0.15, 0.2) is 36.7 Å². The van der Waals surface area contributed by atoms with Crippen molar-refractivity contribution in [2.75, 3.05) is 13.6 Å². The lowest BCUT2D eigenvalue weighted by Gasteiger charge is -2.11. The fraction of sp³-hybridized carbons (Fsp3) is 0.286. The summed E-state index contributed by atoms with van der Waals surface area (Å²) >= 11 is 0. The third-order valence-corrected chi connectivity index (χ3v) is 2.89. The summed E-state index contributed by atoms with van der Waals surface area (Å²) in [5.74, 6) is 0.108. The maximum atomic E-state index is 12.3. The summed E-state index contributed by atoms with van der Waals surface area (Å²) in [6.07, 6.45) is 3.45. The molecule has 0 bridgehead atoms. The quantitative estimate of drug-likeness (QED) is 0.816. The van der Waals surface area contributed by atoms with Crippen LogP contribution in [0.5, 0.6) is 0 Å². The number of fused-ring (bicyclic) bond motifs is 1. The van der Waals surface area contributed by atoms with E-state index in [1.165, 1.54) is 0 Å². The Hall–Kier alpha value is -1.74. The number of carbonyl (C=O) groups excluding carboxylic acids is 1. The Balaban J connectivity index is 2.45. The second-order valence-corrected chi connectivity index (χ2v) is 4.23. The molecule has 0 aliphatic heterocycles. The lowest BCUT2D eigenvalue weighted by Crippen LogP contribution is -2.24. The third kappa shape index (κ3) is 2.34. The Bertz CT molecular complexity index is 531. The summed E-state index contributed by atoms with van der Waals surface area (Å²) in [4.78, 5) is 16.4. The fourth-order valence-electron chi connectivity index (χ4n) is 1.98. The molecule has 0 fully saturated rings. The monoisotopic (exact) mass is 228 g/mol. The van der Waals surface area contributed by atoms with Crippen LogP contribution in [-0.4, -0.2) is 24.4 Å². The lowest BCUT2D eigenvalue weighted by molar-refractivity contribution is 0.0931. The van der Waals surface area contributed by atoms with Crippen LogP contribution in [-0.2, 0) is 0 Å². The molecule has 1 unspecified atom stereocenters. The first kappa shape index (κ1) is 11.7. The van der Waals surface area contributed by atoms with Crippen molar-refractivity contribution >= 4 is 16.6 Å². The van der Waals surface area contributed by atoms with Crippen molar-refractivity contribution in [2.24, 2.45) is 5.92 Å². The molecule has 0 aliphatic rings. The van der Waals surface area contributed by atoms with Gasteiger partial charge in [0.2, 0.25) is 0 Å². The van der Waals surface area contributed by atoms with Gasteiger partial charge < -0.3 is 5.32 Å². The molecule has 1 atom stereocenters. The molecular formula is C14H16N2O. The average molecular weight is 228 g/mol. The topological polar surface area (TPSA) is 42.0 Å². The standard InChI is InChI=1S/C14H16N2O/c1-10(7-15-2)14(17)13-9-16-8-11-5-3-4-6-12(11)13/h3-6,8-10,15H,7H2,1-2H3. The van der Waals surface area contributed by atoms with E-state index in [1.807, 2.05) is 38.2 Å². The number of rotatable bonds is 4. The van der Waals surface area contributed by atoms with E-state index in [0.717, 1.165) is 10.8 Å². The highest BCUT2D eigenvalue weighted by Gasteiger charge is 2.16. The van der Waals surface area contributed by atoms with E-state index >= 15 is 0 Å². The first-order valence-electron chi connectivity index (χ1n) is 5.75. The van der Waals surface area contributed by atoms with Gasteiger partial charge in [0.15, 0.2) is 5.78 Å². The normalized spacial score (nSPS) is 12.6. The van der Waals surface area contributed by atoms with Gasteiger partial charge in [-0.15, -0.1) is 0 Å². The summed E-state index contributed by atoms with van der Waals surface area (Å²) in [7, 11) is 1.85. The molecule has 1 aromatic carbocycles. The molecule has 1 heterocycles. The Labute approximate surface area is 101 Å². The van der Waals surface area contributed by atoms with Crippen LogP contribution in [0.4, 0.5) is 0 Å². The minimum Gasteiger partial charge on any atom is -0.319 e. The molecular weight excluding hydrogens is 212 g/mol. The molecule has 1 N–H and O–H groups in total. The van der Waals surface area contributed by atoms with Gasteiger partial charge in [0.05, 0.1) is 0 Å². The molecule has 1 aromatic heterocycles. The van der Waals surface area contributed by atoms with Gasteiger partial charge in [-0.1, -0.05) is 31.2 Å². The van der Waals surface area contributed by atoms with Crippen LogP contribution in [0.1, 0.15) is 17.3 Å². The van der Waals surface area contributed by atoms with E-state index in [2.05, 4.69) is 10.3 Å². The Morgan fingerprint density at radius 1 is 1.35 bits per heavy atom. The lowest BCUT2D eigenvalue weighted by atomic mass is 9.96. The maximum Gasteiger partial charge on any atom is 0.169 e. The van der Waals surface area contributed by atoms with E-state index in [1.54, 1.807) is 12.4 Å². The summed E-state index contributed by atoms with van der Waals surface area (Å²) in [5, 5.41) is 5.02. The Morgan fingerprint density at radius 2 is 2.12 bits per heavy atom. The van der Waals surface area contributed by atoms with Gasteiger partial charge in [0, 0.05) is 35.8 Å². The molecule has 2 rings (SSSR count). The van der Waals surface area contributed by atoms with Crippen LogP contribution in [0, 0.1) is 5.92 Å². The van der Waals surface area contributed by atoms with Gasteiger partial charge in [-0.05, 0) is 12.4 Å². The van der Waals surface area contributed by atoms with Crippen LogP contribution in [0.25, 0.3) is 10.8 Å². The van der Waals surface area contributed by atoms with Crippen LogP contribution >= 0.6 is 0 Å². The molecule has 0 amide bonds. The van der Waals surface area contributed by atoms with E-state index in [-0.39, 0.29) is 11.7 Å². The number of nitrogens with zero attached hydrogens (tertiary/aromatic N) is 1. The van der Waals surface area contributed by atoms with E-state index in [0.29, 0.717) is 12.1 Å². The molecule has 3 heteroatoms. The summed E-state index contributed by atoms with van der Waals surface area (Å²) in [5.41, 5.74) is 0.714. The molecule has 0 spiro atoms. The van der Waals surface area contributed by atoms with E-state index in [9.17, 15) is 4.79 Å². The van der Waals surface area contributed by atoms with Crippen molar-refractivity contribution in [3.8, 4) is 0 Å². The van der Waals surface area contributed by atoms with Crippen molar-refractivity contribution in [2.45, 2.75) is 6.92 Å². The van der Waals surface area contributed by atoms with Gasteiger partial charge in [0.25, 0.3) is 0 Å². The number of pyridine rings is 1. The summed E-state index contributed by atoms with van der Waals surface area (Å²) in [6, 6.07) is 7.84. The minimum atomic E-state index is -0.0346. The van der Waals surface area contributed by atoms with Gasteiger partial charge in [-0.25, -0.2) is 0 Å². The van der Waals surface area contributed by atoms with Crippen LogP contribution < -0.4 is 5.32 Å². The SMILES string of the molecule is CNCC(C)C(=O)c1cncc2ccccc12. The molecule has 17 heavy (non-hydrogen) atoms. The van der Waals surface area contributed by atoms with Crippen LogP contribution in [0.2, 0.25) is 0 Å². The van der Waals surface area contributed by atoms with Crippen molar-refractivity contribution in [3.63, 3.8) is 0 Å². The number of ketones is 1. The molecule has 2 aromatic rings. The number of aromatic nitrogens is 1. The first-order chi connectivity index (χ1) is 8.24. The number of nitrogens with one attached hydrogen (secondary N) is 1. The molecule has 0 saturated carbocycles. The molecule has 0 aliphatic carbocycles. The smallest absolute Gasteiger partial charge is 0.169 e. The number of hydrogen-bond donors (Lipinski definition) is 1. The minimum absolute atomic E-state index is 0.0346. The van der Waals surface area contributed by atoms with Gasteiger partial charge in [-0.3, -0.25) is 9.78 Å². The largest absolute Gasteiger partial charge is 0.319 e. The van der Waals surface area contributed by atoms with Crippen molar-refractivity contribution in [1.29, 1.82) is 0 Å². The number of carbonyl (C=O) groups is 1. The zero-order valence-corrected chi connectivity index (χ0v) is 10.1. The highest BCUT2D eigenvalue weighted by Crippen LogP contribution is 2.19. The second kappa shape index (κ2) is 5.06. The molecule has 0 saturated heterocycles. The maximum absolute atomic E-state index is 12.3. The molecule has 3 nitrogen and oxygen atoms in total. The van der Waals surface area contributed by atoms with Gasteiger partial charge in [-0.2, -0.15) is 0 Å². The fourth-order valence-corrected chi connectivity index (χ4v) is 1.98. The van der Waals surface area contributed by atoms with Gasteiger partial charge in [0.1, 0.15) is 0 Å². The highest BCUT2D eigenvalue weighted by atomic mass is 16.1. The Morgan fingerprint density at radius 3 is 2.88 bits per heavy atom. The van der Waals surface area contributed by atoms with Crippen LogP contribution in [0.3, 0.4) is 0 Å². The van der Waals surface area contributed by atoms with E-state index < -0.39 is 0 Å². The zero-order valence-electron chi connectivity index (χ0n) is 10.1. The summed E-state index contributed by atoms with van der Waals surface area (Å²) < 4.78 is 0.